The molecule has 0 bridgehead atoms. The SMILES string of the molecule is COc1ccc(Cn2nnc(/C(C)=C/c3cccc(C#Cc4nc(C5CCC5)cs4)c3)n2)cc1. The Balaban J connectivity index is 1.26. The van der Waals surface area contributed by atoms with Crippen molar-refractivity contribution >= 4 is 23.0 Å². The fourth-order valence-electron chi connectivity index (χ4n) is 3.74. The van der Waals surface area contributed by atoms with E-state index in [0.29, 0.717) is 18.3 Å². The predicted molar refractivity (Wildman–Crippen MR) is 135 cm³/mol. The van der Waals surface area contributed by atoms with Crippen LogP contribution >= 0.6 is 11.3 Å². The van der Waals surface area contributed by atoms with E-state index in [2.05, 4.69) is 50.8 Å². The van der Waals surface area contributed by atoms with E-state index in [4.69, 9.17) is 9.72 Å². The van der Waals surface area contributed by atoms with Gasteiger partial charge in [0.05, 0.1) is 19.3 Å². The lowest BCUT2D eigenvalue weighted by molar-refractivity contribution is 0.412. The van der Waals surface area contributed by atoms with E-state index in [0.717, 1.165) is 33.0 Å². The zero-order chi connectivity index (χ0) is 23.3. The van der Waals surface area contributed by atoms with Crippen molar-refractivity contribution in [2.75, 3.05) is 7.11 Å². The van der Waals surface area contributed by atoms with Gasteiger partial charge in [-0.1, -0.05) is 36.6 Å². The van der Waals surface area contributed by atoms with Crippen LogP contribution in [0.2, 0.25) is 0 Å². The summed E-state index contributed by atoms with van der Waals surface area (Å²) in [7, 11) is 1.66. The van der Waals surface area contributed by atoms with Crippen LogP contribution in [0, 0.1) is 11.8 Å². The molecule has 2 aromatic carbocycles. The molecule has 0 spiro atoms. The second-order valence-corrected chi connectivity index (χ2v) is 9.26. The van der Waals surface area contributed by atoms with Gasteiger partial charge in [-0.2, -0.15) is 4.80 Å². The molecule has 0 unspecified atom stereocenters. The molecule has 34 heavy (non-hydrogen) atoms. The lowest BCUT2D eigenvalue weighted by atomic mass is 9.83. The Kier molecular flexibility index (Phi) is 6.50. The van der Waals surface area contributed by atoms with E-state index in [9.17, 15) is 0 Å². The van der Waals surface area contributed by atoms with Gasteiger partial charge in [0, 0.05) is 16.9 Å². The largest absolute Gasteiger partial charge is 0.497 e. The molecule has 170 valence electrons. The number of ether oxygens (including phenoxy) is 1. The van der Waals surface area contributed by atoms with Gasteiger partial charge in [0.2, 0.25) is 5.82 Å². The number of benzene rings is 2. The molecular weight excluding hydrogens is 442 g/mol. The summed E-state index contributed by atoms with van der Waals surface area (Å²) in [6.45, 7) is 2.54. The molecule has 1 fully saturated rings. The maximum absolute atomic E-state index is 5.20. The maximum atomic E-state index is 5.20. The summed E-state index contributed by atoms with van der Waals surface area (Å²) in [5.74, 6) is 8.55. The van der Waals surface area contributed by atoms with E-state index >= 15 is 0 Å². The predicted octanol–water partition coefficient (Wildman–Crippen LogP) is 5.41. The van der Waals surface area contributed by atoms with E-state index in [1.807, 2.05) is 43.3 Å². The summed E-state index contributed by atoms with van der Waals surface area (Å²) < 4.78 is 5.20. The van der Waals surface area contributed by atoms with E-state index in [-0.39, 0.29) is 0 Å². The molecule has 5 rings (SSSR count). The fourth-order valence-corrected chi connectivity index (χ4v) is 4.49. The van der Waals surface area contributed by atoms with Gasteiger partial charge in [0.1, 0.15) is 5.75 Å². The van der Waals surface area contributed by atoms with Crippen LogP contribution in [0.4, 0.5) is 0 Å². The van der Waals surface area contributed by atoms with Gasteiger partial charge in [-0.25, -0.2) is 4.98 Å². The Hall–Kier alpha value is -3.76. The summed E-state index contributed by atoms with van der Waals surface area (Å²) in [6.07, 6.45) is 5.89. The second-order valence-electron chi connectivity index (χ2n) is 8.40. The first-order valence-corrected chi connectivity index (χ1v) is 12.2. The lowest BCUT2D eigenvalue weighted by Gasteiger charge is -2.22. The van der Waals surface area contributed by atoms with Crippen LogP contribution in [0.15, 0.2) is 53.9 Å². The van der Waals surface area contributed by atoms with Crippen molar-refractivity contribution < 1.29 is 4.74 Å². The van der Waals surface area contributed by atoms with E-state index < -0.39 is 0 Å². The van der Waals surface area contributed by atoms with Gasteiger partial charge in [-0.3, -0.25) is 0 Å². The third-order valence-corrected chi connectivity index (χ3v) is 6.69. The number of rotatable bonds is 6. The summed E-state index contributed by atoms with van der Waals surface area (Å²) in [5, 5.41) is 16.0. The van der Waals surface area contributed by atoms with Crippen molar-refractivity contribution in [3.05, 3.63) is 87.1 Å². The molecule has 2 heterocycles. The Bertz CT molecular complexity index is 1370. The summed E-state index contributed by atoms with van der Waals surface area (Å²) >= 11 is 1.63. The molecule has 7 heteroatoms. The minimum Gasteiger partial charge on any atom is -0.497 e. The monoisotopic (exact) mass is 467 g/mol. The first-order valence-electron chi connectivity index (χ1n) is 11.3. The Labute approximate surface area is 203 Å². The van der Waals surface area contributed by atoms with Gasteiger partial charge in [-0.15, -0.1) is 21.5 Å². The fraction of sp³-hybridized carbons (Fsp3) is 0.259. The Morgan fingerprint density at radius 1 is 1.18 bits per heavy atom. The molecule has 0 atom stereocenters. The van der Waals surface area contributed by atoms with Crippen LogP contribution < -0.4 is 4.74 Å². The third kappa shape index (κ3) is 5.24. The van der Waals surface area contributed by atoms with Crippen molar-refractivity contribution in [3.8, 4) is 17.6 Å². The zero-order valence-electron chi connectivity index (χ0n) is 19.2. The molecule has 2 aromatic heterocycles. The van der Waals surface area contributed by atoms with E-state index in [1.165, 1.54) is 25.0 Å². The van der Waals surface area contributed by atoms with Crippen molar-refractivity contribution in [1.29, 1.82) is 0 Å². The minimum absolute atomic E-state index is 0.550. The van der Waals surface area contributed by atoms with Gasteiger partial charge >= 0.3 is 0 Å². The smallest absolute Gasteiger partial charge is 0.200 e. The van der Waals surface area contributed by atoms with Crippen molar-refractivity contribution in [1.82, 2.24) is 25.2 Å². The minimum atomic E-state index is 0.550. The molecule has 1 saturated carbocycles. The number of allylic oxidation sites excluding steroid dienone is 1. The van der Waals surface area contributed by atoms with Gasteiger partial charge in [0.15, 0.2) is 5.01 Å². The van der Waals surface area contributed by atoms with Crippen LogP contribution in [0.5, 0.6) is 5.75 Å². The van der Waals surface area contributed by atoms with Gasteiger partial charge in [-0.05, 0) is 77.9 Å². The van der Waals surface area contributed by atoms with Crippen LogP contribution in [-0.4, -0.2) is 32.3 Å². The number of thiazole rings is 1. The number of tetrazole rings is 1. The topological polar surface area (TPSA) is 65.7 Å². The van der Waals surface area contributed by atoms with Crippen molar-refractivity contribution in [3.63, 3.8) is 0 Å². The molecule has 1 aliphatic rings. The zero-order valence-corrected chi connectivity index (χ0v) is 20.0. The molecule has 6 nitrogen and oxygen atoms in total. The number of hydrogen-bond acceptors (Lipinski definition) is 6. The quantitative estimate of drug-likeness (QED) is 0.355. The standard InChI is InChI=1S/C27H25N5OS/c1-19(27-29-31-32(30-27)17-21-9-12-24(33-2)13-10-21)15-22-6-3-5-20(16-22)11-14-26-28-25(18-34-26)23-7-4-8-23/h3,5-6,9-10,12-13,15-16,18,23H,4,7-8,17H2,1-2H3/b19-15+. The highest BCUT2D eigenvalue weighted by molar-refractivity contribution is 7.10. The normalized spacial score (nSPS) is 13.8. The highest BCUT2D eigenvalue weighted by Gasteiger charge is 2.21. The number of methoxy groups -OCH3 is 1. The molecule has 0 aliphatic heterocycles. The first kappa shape index (κ1) is 22.1. The maximum Gasteiger partial charge on any atom is 0.200 e. The molecule has 0 amide bonds. The molecule has 0 saturated heterocycles. The van der Waals surface area contributed by atoms with Crippen LogP contribution in [-0.2, 0) is 6.54 Å². The molecule has 1 aliphatic carbocycles. The third-order valence-electron chi connectivity index (χ3n) is 5.92. The van der Waals surface area contributed by atoms with Gasteiger partial charge < -0.3 is 4.74 Å². The van der Waals surface area contributed by atoms with Crippen molar-refractivity contribution in [2.45, 2.75) is 38.6 Å². The van der Waals surface area contributed by atoms with Crippen LogP contribution in [0.25, 0.3) is 11.6 Å². The number of nitrogens with zero attached hydrogens (tertiary/aromatic N) is 5. The average molecular weight is 468 g/mol. The molecule has 0 radical (unpaired) electrons. The van der Waals surface area contributed by atoms with Crippen LogP contribution in [0.3, 0.4) is 0 Å². The molecule has 0 N–H and O–H groups in total. The molecule has 4 aromatic rings. The van der Waals surface area contributed by atoms with Gasteiger partial charge in [0.25, 0.3) is 0 Å². The Morgan fingerprint density at radius 2 is 2.03 bits per heavy atom. The van der Waals surface area contributed by atoms with Crippen molar-refractivity contribution in [2.24, 2.45) is 0 Å². The summed E-state index contributed by atoms with van der Waals surface area (Å²) in [5.41, 5.74) is 5.23. The second kappa shape index (κ2) is 10.0. The highest BCUT2D eigenvalue weighted by atomic mass is 32.1. The molecular formula is C27H25N5OS. The summed E-state index contributed by atoms with van der Waals surface area (Å²) in [4.78, 5) is 6.30. The lowest BCUT2D eigenvalue weighted by Crippen LogP contribution is -2.08. The first-order chi connectivity index (χ1) is 16.7. The summed E-state index contributed by atoms with van der Waals surface area (Å²) in [6, 6.07) is 16.0. The average Bonchev–Trinajstić information content (AvgIpc) is 3.47. The Morgan fingerprint density at radius 3 is 2.79 bits per heavy atom. The highest BCUT2D eigenvalue weighted by Crippen LogP contribution is 2.36. The number of hydrogen-bond donors (Lipinski definition) is 0. The van der Waals surface area contributed by atoms with E-state index in [1.54, 1.807) is 23.2 Å². The van der Waals surface area contributed by atoms with Crippen LogP contribution in [0.1, 0.15) is 65.3 Å². The number of aromatic nitrogens is 5.